The Morgan fingerprint density at radius 2 is 1.48 bits per heavy atom. The van der Waals surface area contributed by atoms with E-state index in [9.17, 15) is 13.2 Å². The van der Waals surface area contributed by atoms with Crippen molar-refractivity contribution in [3.63, 3.8) is 0 Å². The van der Waals surface area contributed by atoms with E-state index in [0.717, 1.165) is 11.1 Å². The molecule has 0 aliphatic carbocycles. The lowest BCUT2D eigenvalue weighted by molar-refractivity contribution is 0.0734. The van der Waals surface area contributed by atoms with Crippen LogP contribution < -0.4 is 9.57 Å². The third kappa shape index (κ3) is 5.30. The minimum Gasteiger partial charge on any atom is -0.422 e. The molecule has 6 nitrogen and oxygen atoms in total. The maximum atomic E-state index is 12.3. The fourth-order valence-corrected chi connectivity index (χ4v) is 3.26. The van der Waals surface area contributed by atoms with Gasteiger partial charge in [0, 0.05) is 5.56 Å². The van der Waals surface area contributed by atoms with Crippen molar-refractivity contribution in [1.29, 1.82) is 0 Å². The van der Waals surface area contributed by atoms with E-state index in [1.54, 1.807) is 48.5 Å². The van der Waals surface area contributed by atoms with E-state index in [1.165, 1.54) is 18.3 Å². The van der Waals surface area contributed by atoms with Gasteiger partial charge in [-0.3, -0.25) is 0 Å². The minimum absolute atomic E-state index is 0.110. The molecule has 0 unspecified atom stereocenters. The van der Waals surface area contributed by atoms with Gasteiger partial charge in [0.1, 0.15) is 5.75 Å². The summed E-state index contributed by atoms with van der Waals surface area (Å²) in [6.07, 6.45) is 1.30. The molecule has 0 bridgehead atoms. The van der Waals surface area contributed by atoms with Crippen molar-refractivity contribution in [2.45, 2.75) is 18.7 Å². The lowest BCUT2D eigenvalue weighted by atomic mass is 10.1. The number of benzene rings is 3. The van der Waals surface area contributed by atoms with Gasteiger partial charge in [-0.2, -0.15) is 13.5 Å². The van der Waals surface area contributed by atoms with Crippen LogP contribution in [0.4, 0.5) is 0 Å². The largest absolute Gasteiger partial charge is 0.422 e. The van der Waals surface area contributed by atoms with Crippen molar-refractivity contribution in [3.8, 4) is 5.75 Å². The SMILES string of the molecule is Cc1ccc(C(=O)Oc2ccccc2C=NNS(=O)(=O)c2ccc(C)cc2)cc1. The predicted molar refractivity (Wildman–Crippen MR) is 112 cm³/mol. The van der Waals surface area contributed by atoms with E-state index in [4.69, 9.17) is 4.74 Å². The number of ether oxygens (including phenoxy) is 1. The molecule has 0 amide bonds. The van der Waals surface area contributed by atoms with Crippen molar-refractivity contribution >= 4 is 22.2 Å². The number of para-hydroxylation sites is 1. The minimum atomic E-state index is -3.79. The van der Waals surface area contributed by atoms with Crippen LogP contribution in [0.3, 0.4) is 0 Å². The van der Waals surface area contributed by atoms with Gasteiger partial charge in [0.15, 0.2) is 0 Å². The van der Waals surface area contributed by atoms with Gasteiger partial charge in [-0.05, 0) is 50.2 Å². The molecule has 0 saturated carbocycles. The van der Waals surface area contributed by atoms with E-state index in [0.29, 0.717) is 11.1 Å². The van der Waals surface area contributed by atoms with Gasteiger partial charge in [-0.25, -0.2) is 9.63 Å². The third-order valence-electron chi connectivity index (χ3n) is 4.12. The van der Waals surface area contributed by atoms with Gasteiger partial charge in [-0.1, -0.05) is 47.5 Å². The molecular weight excluding hydrogens is 388 g/mol. The Kier molecular flexibility index (Phi) is 6.09. The molecule has 3 aromatic carbocycles. The van der Waals surface area contributed by atoms with Gasteiger partial charge < -0.3 is 4.74 Å². The van der Waals surface area contributed by atoms with Gasteiger partial charge >= 0.3 is 5.97 Å². The quantitative estimate of drug-likeness (QED) is 0.291. The van der Waals surface area contributed by atoms with Crippen molar-refractivity contribution < 1.29 is 17.9 Å². The molecule has 0 aliphatic heterocycles. The van der Waals surface area contributed by atoms with Gasteiger partial charge in [0.05, 0.1) is 16.7 Å². The highest BCUT2D eigenvalue weighted by Gasteiger charge is 2.13. The summed E-state index contributed by atoms with van der Waals surface area (Å²) in [6, 6.07) is 20.2. The highest BCUT2D eigenvalue weighted by atomic mass is 32.2. The summed E-state index contributed by atoms with van der Waals surface area (Å²) in [7, 11) is -3.79. The normalized spacial score (nSPS) is 11.4. The molecule has 0 saturated heterocycles. The molecule has 0 atom stereocenters. The summed E-state index contributed by atoms with van der Waals surface area (Å²) in [5.41, 5.74) is 2.87. The molecule has 0 heterocycles. The van der Waals surface area contributed by atoms with Crippen LogP contribution in [0.25, 0.3) is 0 Å². The first-order valence-corrected chi connectivity index (χ1v) is 10.3. The molecule has 0 aromatic heterocycles. The van der Waals surface area contributed by atoms with Crippen LogP contribution in [-0.4, -0.2) is 20.6 Å². The van der Waals surface area contributed by atoms with Crippen LogP contribution in [-0.2, 0) is 10.0 Å². The maximum absolute atomic E-state index is 12.3. The van der Waals surface area contributed by atoms with Crippen LogP contribution in [0.5, 0.6) is 5.75 Å². The second-order valence-electron chi connectivity index (χ2n) is 6.46. The van der Waals surface area contributed by atoms with Crippen molar-refractivity contribution in [2.24, 2.45) is 5.10 Å². The van der Waals surface area contributed by atoms with Crippen molar-refractivity contribution in [2.75, 3.05) is 0 Å². The number of carbonyl (C=O) groups is 1. The number of hydrazone groups is 1. The first-order chi connectivity index (χ1) is 13.8. The monoisotopic (exact) mass is 408 g/mol. The Bertz CT molecular complexity index is 1140. The summed E-state index contributed by atoms with van der Waals surface area (Å²) in [5.74, 6) is -0.234. The summed E-state index contributed by atoms with van der Waals surface area (Å²) in [5, 5.41) is 3.81. The Morgan fingerprint density at radius 3 is 2.14 bits per heavy atom. The smallest absolute Gasteiger partial charge is 0.343 e. The average molecular weight is 408 g/mol. The second kappa shape index (κ2) is 8.70. The standard InChI is InChI=1S/C22H20N2O4S/c1-16-7-11-18(12-8-16)22(25)28-21-6-4-3-5-19(21)15-23-24-29(26,27)20-13-9-17(2)10-14-20/h3-15,24H,1-2H3. The maximum Gasteiger partial charge on any atom is 0.343 e. The Balaban J connectivity index is 1.74. The molecule has 3 rings (SSSR count). The molecule has 0 fully saturated rings. The fraction of sp³-hybridized carbons (Fsp3) is 0.0909. The van der Waals surface area contributed by atoms with E-state index >= 15 is 0 Å². The number of hydrogen-bond acceptors (Lipinski definition) is 5. The van der Waals surface area contributed by atoms with E-state index < -0.39 is 16.0 Å². The highest BCUT2D eigenvalue weighted by molar-refractivity contribution is 7.89. The zero-order valence-electron chi connectivity index (χ0n) is 16.0. The second-order valence-corrected chi connectivity index (χ2v) is 8.12. The number of aryl methyl sites for hydroxylation is 2. The lowest BCUT2D eigenvalue weighted by Crippen LogP contribution is -2.18. The van der Waals surface area contributed by atoms with Crippen LogP contribution in [0.1, 0.15) is 27.0 Å². The molecular formula is C22H20N2O4S. The van der Waals surface area contributed by atoms with E-state index in [-0.39, 0.29) is 10.6 Å². The van der Waals surface area contributed by atoms with Gasteiger partial charge in [-0.15, -0.1) is 0 Å². The molecule has 0 aliphatic rings. The molecule has 148 valence electrons. The molecule has 29 heavy (non-hydrogen) atoms. The summed E-state index contributed by atoms with van der Waals surface area (Å²) >= 11 is 0. The highest BCUT2D eigenvalue weighted by Crippen LogP contribution is 2.18. The summed E-state index contributed by atoms with van der Waals surface area (Å²) in [6.45, 7) is 3.80. The number of rotatable bonds is 6. The lowest BCUT2D eigenvalue weighted by Gasteiger charge is -2.08. The van der Waals surface area contributed by atoms with Crippen LogP contribution in [0, 0.1) is 13.8 Å². The fourth-order valence-electron chi connectivity index (χ4n) is 2.46. The Morgan fingerprint density at radius 1 is 0.897 bits per heavy atom. The first kappa shape index (κ1) is 20.3. The van der Waals surface area contributed by atoms with Crippen LogP contribution >= 0.6 is 0 Å². The van der Waals surface area contributed by atoms with Gasteiger partial charge in [0.25, 0.3) is 10.0 Å². The average Bonchev–Trinajstić information content (AvgIpc) is 2.70. The zero-order chi connectivity index (χ0) is 20.9. The van der Waals surface area contributed by atoms with Crippen LogP contribution in [0.2, 0.25) is 0 Å². The van der Waals surface area contributed by atoms with Crippen LogP contribution in [0.15, 0.2) is 82.8 Å². The summed E-state index contributed by atoms with van der Waals surface area (Å²) < 4.78 is 30.0. The van der Waals surface area contributed by atoms with E-state index in [1.807, 2.05) is 26.0 Å². The molecule has 7 heteroatoms. The number of hydrogen-bond donors (Lipinski definition) is 1. The van der Waals surface area contributed by atoms with Crippen molar-refractivity contribution in [1.82, 2.24) is 4.83 Å². The van der Waals surface area contributed by atoms with Gasteiger partial charge in [0.2, 0.25) is 0 Å². The third-order valence-corrected chi connectivity index (χ3v) is 5.36. The first-order valence-electron chi connectivity index (χ1n) is 8.84. The number of nitrogens with one attached hydrogen (secondary N) is 1. The zero-order valence-corrected chi connectivity index (χ0v) is 16.8. The summed E-state index contributed by atoms with van der Waals surface area (Å²) in [4.78, 5) is 14.6. The Hall–Kier alpha value is -3.45. The Labute approximate surface area is 169 Å². The number of sulfonamides is 1. The van der Waals surface area contributed by atoms with Crippen molar-refractivity contribution in [3.05, 3.63) is 95.1 Å². The predicted octanol–water partition coefficient (Wildman–Crippen LogP) is 3.84. The number of carbonyl (C=O) groups excluding carboxylic acids is 1. The molecule has 1 N–H and O–H groups in total. The molecule has 0 radical (unpaired) electrons. The topological polar surface area (TPSA) is 84.8 Å². The molecule has 3 aromatic rings. The molecule has 0 spiro atoms. The van der Waals surface area contributed by atoms with E-state index in [2.05, 4.69) is 9.93 Å². The number of esters is 1. The number of nitrogens with zero attached hydrogens (tertiary/aromatic N) is 1.